The molecule has 8 heteroatoms. The number of rotatable bonds is 3. The Morgan fingerprint density at radius 3 is 2.46 bits per heavy atom. The van der Waals surface area contributed by atoms with Crippen molar-refractivity contribution in [3.63, 3.8) is 0 Å². The molecule has 1 heterocycles. The first-order chi connectivity index (χ1) is 12.5. The molecule has 0 fully saturated rings. The third-order valence-electron chi connectivity index (χ3n) is 3.49. The highest BCUT2D eigenvalue weighted by molar-refractivity contribution is 14.1. The molecular weight excluding hydrogens is 468 g/mol. The molecule has 3 aromatic rings. The summed E-state index contributed by atoms with van der Waals surface area (Å²) in [4.78, 5) is 29.4. The molecule has 0 aliphatic rings. The second kappa shape index (κ2) is 7.92. The largest absolute Gasteiger partial charge is 0.281 e. The van der Waals surface area contributed by atoms with Gasteiger partial charge in [0.1, 0.15) is 15.7 Å². The Morgan fingerprint density at radius 1 is 1.08 bits per heavy atom. The number of aryl methyl sites for hydroxylation is 1. The molecule has 0 aliphatic heterocycles. The van der Waals surface area contributed by atoms with Crippen molar-refractivity contribution in [3.05, 3.63) is 74.1 Å². The third-order valence-corrected chi connectivity index (χ3v) is 5.59. The van der Waals surface area contributed by atoms with Gasteiger partial charge in [-0.1, -0.05) is 30.3 Å². The Morgan fingerprint density at radius 2 is 1.77 bits per heavy atom. The lowest BCUT2D eigenvalue weighted by Crippen LogP contribution is -2.41. The van der Waals surface area contributed by atoms with Crippen LogP contribution in [-0.2, 0) is 0 Å². The van der Waals surface area contributed by atoms with Crippen LogP contribution >= 0.6 is 33.9 Å². The van der Waals surface area contributed by atoms with E-state index in [1.807, 2.05) is 52.9 Å². The minimum absolute atomic E-state index is 0.276. The van der Waals surface area contributed by atoms with Gasteiger partial charge in [-0.15, -0.1) is 11.3 Å². The van der Waals surface area contributed by atoms with Gasteiger partial charge >= 0.3 is 0 Å². The van der Waals surface area contributed by atoms with Crippen molar-refractivity contribution in [2.24, 2.45) is 0 Å². The lowest BCUT2D eigenvalue weighted by molar-refractivity contribution is 0.0848. The van der Waals surface area contributed by atoms with Crippen molar-refractivity contribution in [2.75, 3.05) is 0 Å². The summed E-state index contributed by atoms with van der Waals surface area (Å²) in [7, 11) is 0. The quantitative estimate of drug-likeness (QED) is 0.440. The monoisotopic (exact) mass is 481 g/mol. The van der Waals surface area contributed by atoms with Gasteiger partial charge in [0.2, 0.25) is 0 Å². The van der Waals surface area contributed by atoms with Gasteiger partial charge < -0.3 is 0 Å². The first-order valence-electron chi connectivity index (χ1n) is 7.54. The number of hydrazine groups is 1. The number of nitrogens with one attached hydrogen (secondary N) is 2. The van der Waals surface area contributed by atoms with E-state index in [4.69, 9.17) is 0 Å². The number of thiazole rings is 1. The van der Waals surface area contributed by atoms with Crippen LogP contribution in [0.15, 0.2) is 48.5 Å². The van der Waals surface area contributed by atoms with Crippen LogP contribution in [-0.4, -0.2) is 16.8 Å². The fourth-order valence-corrected chi connectivity index (χ4v) is 3.91. The van der Waals surface area contributed by atoms with Crippen molar-refractivity contribution >= 4 is 45.7 Å². The first-order valence-corrected chi connectivity index (χ1v) is 9.44. The van der Waals surface area contributed by atoms with Crippen molar-refractivity contribution in [1.82, 2.24) is 15.8 Å². The van der Waals surface area contributed by atoms with E-state index in [1.165, 1.54) is 29.5 Å². The molecule has 2 aromatic carbocycles. The second-order valence-electron chi connectivity index (χ2n) is 5.33. The van der Waals surface area contributed by atoms with E-state index in [-0.39, 0.29) is 5.56 Å². The van der Waals surface area contributed by atoms with E-state index in [0.29, 0.717) is 14.1 Å². The minimum atomic E-state index is -0.520. The molecule has 0 unspecified atom stereocenters. The number of carbonyl (C=O) groups is 2. The van der Waals surface area contributed by atoms with Crippen molar-refractivity contribution in [1.29, 1.82) is 0 Å². The van der Waals surface area contributed by atoms with Crippen LogP contribution < -0.4 is 10.9 Å². The number of aromatic nitrogens is 1. The number of nitrogens with zero attached hydrogens (tertiary/aromatic N) is 1. The van der Waals surface area contributed by atoms with E-state index in [2.05, 4.69) is 15.8 Å². The topological polar surface area (TPSA) is 71.1 Å². The van der Waals surface area contributed by atoms with E-state index in [9.17, 15) is 14.0 Å². The van der Waals surface area contributed by atoms with Crippen molar-refractivity contribution in [3.8, 4) is 10.6 Å². The summed E-state index contributed by atoms with van der Waals surface area (Å²) in [6.45, 7) is 1.74. The Labute approximate surface area is 166 Å². The van der Waals surface area contributed by atoms with Crippen LogP contribution in [0, 0.1) is 16.3 Å². The highest BCUT2D eigenvalue weighted by atomic mass is 127. The van der Waals surface area contributed by atoms with Gasteiger partial charge in [0.05, 0.1) is 11.3 Å². The molecule has 0 bridgehead atoms. The molecule has 1 aromatic heterocycles. The average molecular weight is 481 g/mol. The SMILES string of the molecule is Cc1nc(-c2ccccc2)sc1C(=O)NNC(=O)c1ccc(F)cc1I. The molecule has 2 amide bonds. The summed E-state index contributed by atoms with van der Waals surface area (Å²) in [5, 5.41) is 0.729. The molecular formula is C18H13FIN3O2S. The molecule has 0 saturated heterocycles. The highest BCUT2D eigenvalue weighted by Gasteiger charge is 2.18. The van der Waals surface area contributed by atoms with E-state index in [0.717, 1.165) is 10.6 Å². The van der Waals surface area contributed by atoms with Crippen LogP contribution in [0.1, 0.15) is 25.7 Å². The number of benzene rings is 2. The summed E-state index contributed by atoms with van der Waals surface area (Å²) in [6, 6.07) is 13.3. The molecule has 132 valence electrons. The fourth-order valence-electron chi connectivity index (χ4n) is 2.22. The highest BCUT2D eigenvalue weighted by Crippen LogP contribution is 2.27. The van der Waals surface area contributed by atoms with Crippen LogP contribution in [0.25, 0.3) is 10.6 Å². The van der Waals surface area contributed by atoms with Crippen molar-refractivity contribution in [2.45, 2.75) is 6.92 Å². The molecule has 0 atom stereocenters. The van der Waals surface area contributed by atoms with E-state index in [1.54, 1.807) is 6.92 Å². The van der Waals surface area contributed by atoms with Gasteiger partial charge in [0.15, 0.2) is 0 Å². The lowest BCUT2D eigenvalue weighted by atomic mass is 10.2. The number of hydrogen-bond acceptors (Lipinski definition) is 4. The summed E-state index contributed by atoms with van der Waals surface area (Å²) in [5.74, 6) is -1.40. The minimum Gasteiger partial charge on any atom is -0.267 e. The smallest absolute Gasteiger partial charge is 0.267 e. The van der Waals surface area contributed by atoms with Crippen LogP contribution in [0.4, 0.5) is 4.39 Å². The standard InChI is InChI=1S/C18H13FIN3O2S/c1-10-15(26-18(21-10)11-5-3-2-4-6-11)17(25)23-22-16(24)13-8-7-12(19)9-14(13)20/h2-9H,1H3,(H,22,24)(H,23,25). The van der Waals surface area contributed by atoms with Gasteiger partial charge in [-0.05, 0) is 47.7 Å². The Balaban J connectivity index is 1.71. The number of amides is 2. The Kier molecular flexibility index (Phi) is 5.62. The van der Waals surface area contributed by atoms with Crippen molar-refractivity contribution < 1.29 is 14.0 Å². The zero-order valence-electron chi connectivity index (χ0n) is 13.5. The maximum Gasteiger partial charge on any atom is 0.281 e. The summed E-state index contributed by atoms with van der Waals surface area (Å²) in [6.07, 6.45) is 0. The molecule has 5 nitrogen and oxygen atoms in total. The zero-order valence-corrected chi connectivity index (χ0v) is 16.5. The van der Waals surface area contributed by atoms with Gasteiger partial charge in [-0.2, -0.15) is 0 Å². The lowest BCUT2D eigenvalue weighted by Gasteiger charge is -2.08. The average Bonchev–Trinajstić information content (AvgIpc) is 3.02. The first kappa shape index (κ1) is 18.5. The predicted octanol–water partition coefficient (Wildman–Crippen LogP) is 3.94. The molecule has 0 radical (unpaired) electrons. The summed E-state index contributed by atoms with van der Waals surface area (Å²) >= 11 is 3.11. The van der Waals surface area contributed by atoms with Gasteiger partial charge in [0.25, 0.3) is 11.8 Å². The van der Waals surface area contributed by atoms with Crippen LogP contribution in [0.5, 0.6) is 0 Å². The Hall–Kier alpha value is -2.33. The van der Waals surface area contributed by atoms with E-state index >= 15 is 0 Å². The van der Waals surface area contributed by atoms with Gasteiger partial charge in [0, 0.05) is 9.13 Å². The fraction of sp³-hybridized carbons (Fsp3) is 0.0556. The molecule has 2 N–H and O–H groups in total. The maximum absolute atomic E-state index is 13.1. The molecule has 0 aliphatic carbocycles. The zero-order chi connectivity index (χ0) is 18.7. The normalized spacial score (nSPS) is 10.4. The van der Waals surface area contributed by atoms with Gasteiger partial charge in [-0.25, -0.2) is 9.37 Å². The van der Waals surface area contributed by atoms with Crippen LogP contribution in [0.2, 0.25) is 0 Å². The Bertz CT molecular complexity index is 976. The number of halogens is 2. The molecule has 0 saturated carbocycles. The molecule has 3 rings (SSSR count). The number of carbonyl (C=O) groups excluding carboxylic acids is 2. The predicted molar refractivity (Wildman–Crippen MR) is 106 cm³/mol. The van der Waals surface area contributed by atoms with Crippen LogP contribution in [0.3, 0.4) is 0 Å². The summed E-state index contributed by atoms with van der Waals surface area (Å²) < 4.78 is 13.6. The van der Waals surface area contributed by atoms with E-state index < -0.39 is 17.6 Å². The maximum atomic E-state index is 13.1. The summed E-state index contributed by atoms with van der Waals surface area (Å²) in [5.41, 5.74) is 6.50. The molecule has 26 heavy (non-hydrogen) atoms. The molecule has 0 spiro atoms. The number of hydrogen-bond donors (Lipinski definition) is 2. The third kappa shape index (κ3) is 4.07. The van der Waals surface area contributed by atoms with Gasteiger partial charge in [-0.3, -0.25) is 20.4 Å². The second-order valence-corrected chi connectivity index (χ2v) is 7.49.